The Labute approximate surface area is 180 Å². The fourth-order valence-corrected chi connectivity index (χ4v) is 3.52. The normalized spacial score (nSPS) is 16.0. The van der Waals surface area contributed by atoms with Gasteiger partial charge in [-0.1, -0.05) is 17.7 Å². The summed E-state index contributed by atoms with van der Waals surface area (Å²) in [4.78, 5) is 41.7. The van der Waals surface area contributed by atoms with E-state index in [1.807, 2.05) is 19.1 Å². The third-order valence-electron chi connectivity index (χ3n) is 5.15. The molecule has 0 saturated carbocycles. The van der Waals surface area contributed by atoms with Crippen LogP contribution >= 0.6 is 0 Å². The average Bonchev–Trinajstić information content (AvgIpc) is 3.08. The van der Waals surface area contributed by atoms with Crippen molar-refractivity contribution in [1.82, 2.24) is 4.90 Å². The van der Waals surface area contributed by atoms with E-state index < -0.39 is 30.1 Å². The van der Waals surface area contributed by atoms with E-state index in [1.54, 1.807) is 18.2 Å². The molecule has 3 rings (SSSR count). The molecular formula is C23H23N3O5. The summed E-state index contributed by atoms with van der Waals surface area (Å²) in [6.45, 7) is 1.84. The van der Waals surface area contributed by atoms with Gasteiger partial charge in [-0.25, -0.2) is 4.90 Å². The van der Waals surface area contributed by atoms with Gasteiger partial charge < -0.3 is 14.4 Å². The van der Waals surface area contributed by atoms with Crippen molar-refractivity contribution in [1.29, 1.82) is 5.26 Å². The van der Waals surface area contributed by atoms with Crippen LogP contribution in [-0.2, 0) is 19.1 Å². The van der Waals surface area contributed by atoms with Crippen LogP contribution in [0.2, 0.25) is 0 Å². The molecule has 0 aliphatic carbocycles. The van der Waals surface area contributed by atoms with Crippen LogP contribution in [0.1, 0.15) is 27.9 Å². The minimum absolute atomic E-state index is 0.0231. The maximum atomic E-state index is 13.3. The van der Waals surface area contributed by atoms with Crippen LogP contribution in [0.25, 0.3) is 0 Å². The van der Waals surface area contributed by atoms with E-state index in [0.717, 1.165) is 10.5 Å². The molecule has 2 aromatic rings. The van der Waals surface area contributed by atoms with Gasteiger partial charge in [-0.2, -0.15) is 5.26 Å². The smallest absolute Gasteiger partial charge is 0.257 e. The molecule has 160 valence electrons. The van der Waals surface area contributed by atoms with Gasteiger partial charge in [-0.3, -0.25) is 14.4 Å². The summed E-state index contributed by atoms with van der Waals surface area (Å²) < 4.78 is 10.5. The Kier molecular flexibility index (Phi) is 6.80. The average molecular weight is 421 g/mol. The second kappa shape index (κ2) is 9.51. The summed E-state index contributed by atoms with van der Waals surface area (Å²) in [7, 11) is 2.88. The van der Waals surface area contributed by atoms with Gasteiger partial charge in [0.25, 0.3) is 11.8 Å². The van der Waals surface area contributed by atoms with E-state index >= 15 is 0 Å². The number of amides is 3. The second-order valence-corrected chi connectivity index (χ2v) is 7.17. The van der Waals surface area contributed by atoms with Crippen LogP contribution in [0.5, 0.6) is 0 Å². The van der Waals surface area contributed by atoms with Crippen LogP contribution in [-0.4, -0.2) is 55.7 Å². The fraction of sp³-hybridized carbons (Fsp3) is 0.304. The third kappa shape index (κ3) is 4.63. The van der Waals surface area contributed by atoms with Gasteiger partial charge in [0.2, 0.25) is 5.91 Å². The van der Waals surface area contributed by atoms with Crippen LogP contribution in [0.15, 0.2) is 48.5 Å². The number of nitriles is 1. The molecule has 0 spiro atoms. The summed E-state index contributed by atoms with van der Waals surface area (Å²) in [5.41, 5.74) is 2.07. The van der Waals surface area contributed by atoms with Crippen molar-refractivity contribution in [2.24, 2.45) is 0 Å². The summed E-state index contributed by atoms with van der Waals surface area (Å²) in [5, 5.41) is 8.97. The molecule has 8 heteroatoms. The lowest BCUT2D eigenvalue weighted by Crippen LogP contribution is -2.49. The number of ether oxygens (including phenoxy) is 2. The molecule has 0 aromatic heterocycles. The van der Waals surface area contributed by atoms with Crippen LogP contribution in [0.4, 0.5) is 5.69 Å². The number of hydrogen-bond donors (Lipinski definition) is 0. The zero-order valence-electron chi connectivity index (χ0n) is 17.6. The first-order valence-electron chi connectivity index (χ1n) is 9.69. The van der Waals surface area contributed by atoms with E-state index in [-0.39, 0.29) is 13.0 Å². The number of imide groups is 1. The minimum Gasteiger partial charge on any atom is -0.354 e. The molecule has 8 nitrogen and oxygen atoms in total. The number of carbonyl (C=O) groups is 3. The molecule has 1 aliphatic rings. The summed E-state index contributed by atoms with van der Waals surface area (Å²) in [6.07, 6.45) is -0.920. The van der Waals surface area contributed by atoms with E-state index in [1.165, 1.54) is 43.4 Å². The first-order chi connectivity index (χ1) is 14.9. The largest absolute Gasteiger partial charge is 0.354 e. The number of benzene rings is 2. The minimum atomic E-state index is -0.996. The highest BCUT2D eigenvalue weighted by atomic mass is 16.7. The zero-order chi connectivity index (χ0) is 22.5. The molecule has 1 aliphatic heterocycles. The molecule has 0 N–H and O–H groups in total. The molecule has 1 fully saturated rings. The van der Waals surface area contributed by atoms with Crippen molar-refractivity contribution in [3.8, 4) is 6.07 Å². The zero-order valence-corrected chi connectivity index (χ0v) is 17.6. The molecule has 1 unspecified atom stereocenters. The predicted octanol–water partition coefficient (Wildman–Crippen LogP) is 2.26. The topological polar surface area (TPSA) is 99.9 Å². The molecule has 1 saturated heterocycles. The number of anilines is 1. The molecule has 0 bridgehead atoms. The number of nitrogens with zero attached hydrogens (tertiary/aromatic N) is 3. The first kappa shape index (κ1) is 22.2. The van der Waals surface area contributed by atoms with E-state index in [2.05, 4.69) is 0 Å². The highest BCUT2D eigenvalue weighted by Gasteiger charge is 2.45. The Morgan fingerprint density at radius 1 is 1.19 bits per heavy atom. The predicted molar refractivity (Wildman–Crippen MR) is 112 cm³/mol. The lowest BCUT2D eigenvalue weighted by atomic mass is 10.1. The molecule has 1 atom stereocenters. The third-order valence-corrected chi connectivity index (χ3v) is 5.15. The Bertz CT molecular complexity index is 1020. The van der Waals surface area contributed by atoms with Crippen molar-refractivity contribution >= 4 is 23.4 Å². The highest BCUT2D eigenvalue weighted by Crippen LogP contribution is 2.27. The number of carbonyl (C=O) groups excluding carboxylic acids is 3. The van der Waals surface area contributed by atoms with Gasteiger partial charge in [-0.15, -0.1) is 0 Å². The van der Waals surface area contributed by atoms with Crippen molar-refractivity contribution in [2.45, 2.75) is 25.7 Å². The summed E-state index contributed by atoms with van der Waals surface area (Å²) in [6, 6.07) is 14.2. The number of aryl methyl sites for hydroxylation is 1. The molecule has 31 heavy (non-hydrogen) atoms. The quantitative estimate of drug-likeness (QED) is 0.502. The van der Waals surface area contributed by atoms with Crippen molar-refractivity contribution in [3.63, 3.8) is 0 Å². The summed E-state index contributed by atoms with van der Waals surface area (Å²) >= 11 is 0. The number of methoxy groups -OCH3 is 2. The van der Waals surface area contributed by atoms with Gasteiger partial charge in [0, 0.05) is 19.8 Å². The van der Waals surface area contributed by atoms with E-state index in [9.17, 15) is 14.4 Å². The molecule has 3 amide bonds. The van der Waals surface area contributed by atoms with Gasteiger partial charge >= 0.3 is 0 Å². The molecule has 0 radical (unpaired) electrons. The molecule has 2 aromatic carbocycles. The number of rotatable bonds is 7. The van der Waals surface area contributed by atoms with E-state index in [4.69, 9.17) is 14.7 Å². The highest BCUT2D eigenvalue weighted by molar-refractivity contribution is 6.23. The van der Waals surface area contributed by atoms with E-state index in [0.29, 0.717) is 16.8 Å². The van der Waals surface area contributed by atoms with Gasteiger partial charge in [0.15, 0.2) is 6.29 Å². The second-order valence-electron chi connectivity index (χ2n) is 7.17. The monoisotopic (exact) mass is 421 g/mol. The van der Waals surface area contributed by atoms with Gasteiger partial charge in [0.05, 0.1) is 30.3 Å². The van der Waals surface area contributed by atoms with Crippen LogP contribution in [0.3, 0.4) is 0 Å². The van der Waals surface area contributed by atoms with Crippen molar-refractivity contribution in [2.75, 3.05) is 25.7 Å². The number of hydrogen-bond acceptors (Lipinski definition) is 6. The standard InChI is InChI=1S/C23H23N3O5/c1-15-5-4-6-17(11-15)22(28)25(14-21(30-2)31-3)19-12-20(27)26(23(19)29)18-9-7-16(13-24)8-10-18/h4-11,19,21H,12,14H2,1-3H3. The Hall–Kier alpha value is -3.54. The van der Waals surface area contributed by atoms with Gasteiger partial charge in [0.1, 0.15) is 6.04 Å². The molecular weight excluding hydrogens is 398 g/mol. The SMILES string of the molecule is COC(CN(C(=O)c1cccc(C)c1)C1CC(=O)N(c2ccc(C#N)cc2)C1=O)OC. The summed E-state index contributed by atoms with van der Waals surface area (Å²) in [5.74, 6) is -1.33. The molecule has 1 heterocycles. The van der Waals surface area contributed by atoms with Crippen molar-refractivity contribution < 1.29 is 23.9 Å². The maximum absolute atomic E-state index is 13.3. The van der Waals surface area contributed by atoms with Gasteiger partial charge in [-0.05, 0) is 43.3 Å². The fourth-order valence-electron chi connectivity index (χ4n) is 3.52. The van der Waals surface area contributed by atoms with Crippen LogP contribution < -0.4 is 4.90 Å². The first-order valence-corrected chi connectivity index (χ1v) is 9.69. The van der Waals surface area contributed by atoms with Crippen molar-refractivity contribution in [3.05, 3.63) is 65.2 Å². The Morgan fingerprint density at radius 2 is 1.87 bits per heavy atom. The maximum Gasteiger partial charge on any atom is 0.257 e. The lowest BCUT2D eigenvalue weighted by molar-refractivity contribution is -0.128. The van der Waals surface area contributed by atoms with Crippen LogP contribution in [0, 0.1) is 18.3 Å². The lowest BCUT2D eigenvalue weighted by Gasteiger charge is -2.30. The Balaban J connectivity index is 1.94. The Morgan fingerprint density at radius 3 is 2.45 bits per heavy atom.